The van der Waals surface area contributed by atoms with Gasteiger partial charge in [-0.2, -0.15) is 0 Å². The predicted octanol–water partition coefficient (Wildman–Crippen LogP) is 4.61. The largest absolute Gasteiger partial charge is 0.442 e. The number of carbonyl (C=O) groups is 1. The zero-order valence-electron chi connectivity index (χ0n) is 16.5. The van der Waals surface area contributed by atoms with Crippen LogP contribution in [-0.4, -0.2) is 32.9 Å². The number of nitrogens with one attached hydrogen (secondary N) is 1. The molecule has 1 saturated heterocycles. The number of aryl methyl sites for hydroxylation is 1. The normalized spacial score (nSPS) is 20.2. The SMILES string of the molecule is Cc1oc2ncnc(NC3(C)CC3)c2c1C(=O)N1CCCC1c1cccc(F)c1. The van der Waals surface area contributed by atoms with Gasteiger partial charge in [0.2, 0.25) is 5.71 Å². The lowest BCUT2D eigenvalue weighted by molar-refractivity contribution is 0.0735. The molecule has 2 aromatic heterocycles. The van der Waals surface area contributed by atoms with Gasteiger partial charge in [-0.1, -0.05) is 12.1 Å². The summed E-state index contributed by atoms with van der Waals surface area (Å²) in [6.45, 7) is 4.54. The Kier molecular flexibility index (Phi) is 4.08. The first-order valence-electron chi connectivity index (χ1n) is 10.0. The number of aromatic nitrogens is 2. The molecule has 1 unspecified atom stereocenters. The first kappa shape index (κ1) is 18.1. The minimum atomic E-state index is -0.288. The highest BCUT2D eigenvalue weighted by atomic mass is 19.1. The molecule has 2 aliphatic rings. The van der Waals surface area contributed by atoms with Crippen molar-refractivity contribution in [2.24, 2.45) is 0 Å². The number of nitrogens with zero attached hydrogens (tertiary/aromatic N) is 3. The number of benzene rings is 1. The van der Waals surface area contributed by atoms with Gasteiger partial charge in [0.1, 0.15) is 23.7 Å². The van der Waals surface area contributed by atoms with E-state index in [0.717, 1.165) is 31.2 Å². The summed E-state index contributed by atoms with van der Waals surface area (Å²) in [5.74, 6) is 0.757. The van der Waals surface area contributed by atoms with Gasteiger partial charge in [-0.3, -0.25) is 4.79 Å². The van der Waals surface area contributed by atoms with Crippen molar-refractivity contribution < 1.29 is 13.6 Å². The number of hydrogen-bond donors (Lipinski definition) is 1. The summed E-state index contributed by atoms with van der Waals surface area (Å²) in [6.07, 6.45) is 5.27. The summed E-state index contributed by atoms with van der Waals surface area (Å²) in [5, 5.41) is 4.09. The first-order valence-corrected chi connectivity index (χ1v) is 10.0. The van der Waals surface area contributed by atoms with Crippen LogP contribution in [0.4, 0.5) is 10.2 Å². The smallest absolute Gasteiger partial charge is 0.258 e. The van der Waals surface area contributed by atoms with Crippen molar-refractivity contribution in [1.29, 1.82) is 0 Å². The molecule has 6 nitrogen and oxygen atoms in total. The van der Waals surface area contributed by atoms with Crippen LogP contribution in [-0.2, 0) is 0 Å². The molecule has 1 aromatic carbocycles. The molecule has 29 heavy (non-hydrogen) atoms. The van der Waals surface area contributed by atoms with E-state index in [0.29, 0.717) is 34.8 Å². The van der Waals surface area contributed by atoms with Crippen LogP contribution in [0.5, 0.6) is 0 Å². The lowest BCUT2D eigenvalue weighted by Crippen LogP contribution is -2.31. The van der Waals surface area contributed by atoms with Gasteiger partial charge in [-0.05, 0) is 57.2 Å². The van der Waals surface area contributed by atoms with Crippen molar-refractivity contribution in [2.45, 2.75) is 51.1 Å². The van der Waals surface area contributed by atoms with E-state index in [2.05, 4.69) is 22.2 Å². The Morgan fingerprint density at radius 2 is 2.17 bits per heavy atom. The van der Waals surface area contributed by atoms with Gasteiger partial charge in [-0.25, -0.2) is 14.4 Å². The molecule has 0 bridgehead atoms. The quantitative estimate of drug-likeness (QED) is 0.700. The van der Waals surface area contributed by atoms with E-state index in [1.807, 2.05) is 11.0 Å². The second kappa shape index (κ2) is 6.54. The molecule has 3 aromatic rings. The van der Waals surface area contributed by atoms with Crippen molar-refractivity contribution in [3.8, 4) is 0 Å². The Morgan fingerprint density at radius 3 is 2.93 bits per heavy atom. The summed E-state index contributed by atoms with van der Waals surface area (Å²) in [6, 6.07) is 6.36. The third-order valence-electron chi connectivity index (χ3n) is 6.05. The maximum absolute atomic E-state index is 13.8. The average molecular weight is 394 g/mol. The molecule has 2 fully saturated rings. The molecule has 1 saturated carbocycles. The maximum atomic E-state index is 13.8. The monoisotopic (exact) mass is 394 g/mol. The van der Waals surface area contributed by atoms with Crippen LogP contribution in [0.2, 0.25) is 0 Å². The van der Waals surface area contributed by atoms with E-state index in [1.165, 1.54) is 18.5 Å². The van der Waals surface area contributed by atoms with Gasteiger partial charge in [0.15, 0.2) is 0 Å². The summed E-state index contributed by atoms with van der Waals surface area (Å²) in [5.41, 5.74) is 1.73. The highest BCUT2D eigenvalue weighted by Gasteiger charge is 2.39. The van der Waals surface area contributed by atoms with E-state index in [9.17, 15) is 9.18 Å². The number of halogens is 1. The van der Waals surface area contributed by atoms with Crippen LogP contribution in [0.3, 0.4) is 0 Å². The fraction of sp³-hybridized carbons (Fsp3) is 0.409. The van der Waals surface area contributed by atoms with Gasteiger partial charge in [0.25, 0.3) is 5.91 Å². The van der Waals surface area contributed by atoms with Crippen LogP contribution >= 0.6 is 0 Å². The lowest BCUT2D eigenvalue weighted by Gasteiger charge is -2.25. The second-order valence-electron chi connectivity index (χ2n) is 8.33. The van der Waals surface area contributed by atoms with Gasteiger partial charge in [0.05, 0.1) is 17.0 Å². The molecule has 1 atom stereocenters. The molecule has 0 spiro atoms. The van der Waals surface area contributed by atoms with Crippen LogP contribution in [0.25, 0.3) is 11.1 Å². The Hall–Kier alpha value is -2.96. The fourth-order valence-corrected chi connectivity index (χ4v) is 4.21. The van der Waals surface area contributed by atoms with E-state index < -0.39 is 0 Å². The van der Waals surface area contributed by atoms with Crippen LogP contribution < -0.4 is 5.32 Å². The zero-order chi connectivity index (χ0) is 20.2. The van der Waals surface area contributed by atoms with Crippen molar-refractivity contribution in [3.63, 3.8) is 0 Å². The zero-order valence-corrected chi connectivity index (χ0v) is 16.5. The van der Waals surface area contributed by atoms with E-state index >= 15 is 0 Å². The average Bonchev–Trinajstić information content (AvgIpc) is 3.10. The van der Waals surface area contributed by atoms with Gasteiger partial charge in [0, 0.05) is 12.1 Å². The van der Waals surface area contributed by atoms with E-state index in [1.54, 1.807) is 13.0 Å². The molecular formula is C22H23FN4O2. The summed E-state index contributed by atoms with van der Waals surface area (Å²) in [7, 11) is 0. The van der Waals surface area contributed by atoms with Gasteiger partial charge < -0.3 is 14.6 Å². The lowest BCUT2D eigenvalue weighted by atomic mass is 10.0. The van der Waals surface area contributed by atoms with Crippen molar-refractivity contribution >= 4 is 22.8 Å². The number of carbonyl (C=O) groups excluding carboxylic acids is 1. The molecular weight excluding hydrogens is 371 g/mol. The number of amides is 1. The Labute approximate surface area is 168 Å². The molecule has 0 radical (unpaired) electrons. The number of anilines is 1. The molecule has 1 amide bonds. The van der Waals surface area contributed by atoms with E-state index in [-0.39, 0.29) is 23.3 Å². The Bertz CT molecular complexity index is 1110. The maximum Gasteiger partial charge on any atom is 0.258 e. The van der Waals surface area contributed by atoms with Crippen LogP contribution in [0.1, 0.15) is 60.3 Å². The van der Waals surface area contributed by atoms with E-state index in [4.69, 9.17) is 4.42 Å². The Balaban J connectivity index is 1.56. The Morgan fingerprint density at radius 1 is 1.34 bits per heavy atom. The minimum Gasteiger partial charge on any atom is -0.442 e. The number of hydrogen-bond acceptors (Lipinski definition) is 5. The third-order valence-corrected chi connectivity index (χ3v) is 6.05. The molecule has 7 heteroatoms. The summed E-state index contributed by atoms with van der Waals surface area (Å²) < 4.78 is 19.6. The van der Waals surface area contributed by atoms with Crippen molar-refractivity contribution in [2.75, 3.05) is 11.9 Å². The van der Waals surface area contributed by atoms with Crippen molar-refractivity contribution in [1.82, 2.24) is 14.9 Å². The molecule has 150 valence electrons. The summed E-state index contributed by atoms with van der Waals surface area (Å²) in [4.78, 5) is 24.1. The van der Waals surface area contributed by atoms with Crippen LogP contribution in [0.15, 0.2) is 35.0 Å². The number of fused-ring (bicyclic) bond motifs is 1. The van der Waals surface area contributed by atoms with Gasteiger partial charge >= 0.3 is 0 Å². The first-order chi connectivity index (χ1) is 14.0. The van der Waals surface area contributed by atoms with Crippen molar-refractivity contribution in [3.05, 3.63) is 53.3 Å². The number of likely N-dealkylation sites (tertiary alicyclic amines) is 1. The second-order valence-corrected chi connectivity index (χ2v) is 8.33. The van der Waals surface area contributed by atoms with Gasteiger partial charge in [-0.15, -0.1) is 0 Å². The predicted molar refractivity (Wildman–Crippen MR) is 107 cm³/mol. The third kappa shape index (κ3) is 3.14. The van der Waals surface area contributed by atoms with Crippen LogP contribution in [0, 0.1) is 12.7 Å². The molecule has 1 aliphatic carbocycles. The topological polar surface area (TPSA) is 71.3 Å². The summed E-state index contributed by atoms with van der Waals surface area (Å²) >= 11 is 0. The number of furan rings is 1. The number of rotatable bonds is 4. The highest BCUT2D eigenvalue weighted by Crippen LogP contribution is 2.41. The highest BCUT2D eigenvalue weighted by molar-refractivity contribution is 6.10. The fourth-order valence-electron chi connectivity index (χ4n) is 4.21. The molecule has 1 N–H and O–H groups in total. The standard InChI is InChI=1S/C22H23FN4O2/c1-13-17(18-19(26-22(2)8-9-22)24-12-25-20(18)29-13)21(28)27-10-4-7-16(27)14-5-3-6-15(23)11-14/h3,5-6,11-12,16H,4,7-10H2,1-2H3,(H,24,25,26). The minimum absolute atomic E-state index is 0.00448. The molecule has 1 aliphatic heterocycles. The molecule has 5 rings (SSSR count). The molecule has 3 heterocycles.